The molecule has 1 fully saturated rings. The third kappa shape index (κ3) is 2.01. The van der Waals surface area contributed by atoms with E-state index in [9.17, 15) is 13.2 Å². The van der Waals surface area contributed by atoms with Gasteiger partial charge in [0.25, 0.3) is 5.56 Å². The standard InChI is InChI=1S/C13H14N2O3S2/c1-13(6-7-20(17,18)8-13)15-11(16)9-4-2-3-5-10(9)14-12(15)19/h2-5H,6-8H2,1H3,(H,14,19). The third-order valence-corrected chi connectivity index (χ3v) is 6.00. The molecule has 1 unspecified atom stereocenters. The SMILES string of the molecule is CC1(n2c(=S)[nH]c3ccccc3c2=O)CCS(=O)(=O)C1. The second-order valence-electron chi connectivity index (χ2n) is 5.46. The molecular formula is C13H14N2O3S2. The van der Waals surface area contributed by atoms with Crippen LogP contribution in [0.4, 0.5) is 0 Å². The van der Waals surface area contributed by atoms with E-state index in [1.807, 2.05) is 6.07 Å². The third-order valence-electron chi connectivity index (χ3n) is 3.83. The van der Waals surface area contributed by atoms with Crippen LogP contribution in [0.15, 0.2) is 29.1 Å². The maximum atomic E-state index is 12.6. The highest BCUT2D eigenvalue weighted by Gasteiger charge is 2.41. The molecule has 0 amide bonds. The molecule has 106 valence electrons. The van der Waals surface area contributed by atoms with E-state index in [0.29, 0.717) is 17.3 Å². The lowest BCUT2D eigenvalue weighted by Crippen LogP contribution is -2.40. The average molecular weight is 310 g/mol. The average Bonchev–Trinajstić information content (AvgIpc) is 2.64. The molecule has 1 saturated heterocycles. The Hall–Kier alpha value is -1.47. The lowest BCUT2D eigenvalue weighted by atomic mass is 10.0. The number of hydrogen-bond acceptors (Lipinski definition) is 4. The highest BCUT2D eigenvalue weighted by molar-refractivity contribution is 7.91. The summed E-state index contributed by atoms with van der Waals surface area (Å²) in [4.78, 5) is 15.6. The number of hydrogen-bond donors (Lipinski definition) is 1. The van der Waals surface area contributed by atoms with Crippen molar-refractivity contribution < 1.29 is 8.42 Å². The van der Waals surface area contributed by atoms with Crippen LogP contribution in [-0.4, -0.2) is 29.5 Å². The van der Waals surface area contributed by atoms with Crippen molar-refractivity contribution >= 4 is 33.0 Å². The van der Waals surface area contributed by atoms with E-state index in [1.165, 1.54) is 4.57 Å². The largest absolute Gasteiger partial charge is 0.332 e. The van der Waals surface area contributed by atoms with Crippen molar-refractivity contribution in [2.24, 2.45) is 0 Å². The summed E-state index contributed by atoms with van der Waals surface area (Å²) in [6.07, 6.45) is 0.408. The zero-order valence-corrected chi connectivity index (χ0v) is 12.6. The molecule has 1 aromatic carbocycles. The van der Waals surface area contributed by atoms with E-state index in [-0.39, 0.29) is 21.8 Å². The maximum absolute atomic E-state index is 12.6. The molecule has 1 aliphatic heterocycles. The number of rotatable bonds is 1. The van der Waals surface area contributed by atoms with E-state index < -0.39 is 15.4 Å². The number of benzene rings is 1. The lowest BCUT2D eigenvalue weighted by Gasteiger charge is -2.25. The molecule has 1 N–H and O–H groups in total. The maximum Gasteiger partial charge on any atom is 0.262 e. The summed E-state index contributed by atoms with van der Waals surface area (Å²) in [6.45, 7) is 1.78. The molecule has 0 saturated carbocycles. The van der Waals surface area contributed by atoms with Gasteiger partial charge >= 0.3 is 0 Å². The summed E-state index contributed by atoms with van der Waals surface area (Å²) < 4.78 is 25.2. The number of sulfone groups is 1. The summed E-state index contributed by atoms with van der Waals surface area (Å²) in [6, 6.07) is 7.09. The smallest absolute Gasteiger partial charge is 0.262 e. The highest BCUT2D eigenvalue weighted by Crippen LogP contribution is 2.29. The summed E-state index contributed by atoms with van der Waals surface area (Å²) in [5, 5.41) is 0.520. The minimum atomic E-state index is -3.11. The Balaban J connectivity index is 2.33. The molecule has 0 bridgehead atoms. The van der Waals surface area contributed by atoms with Gasteiger partial charge in [0.05, 0.1) is 27.9 Å². The van der Waals surface area contributed by atoms with Gasteiger partial charge in [-0.05, 0) is 37.7 Å². The molecule has 0 radical (unpaired) electrons. The molecule has 1 atom stereocenters. The normalized spacial score (nSPS) is 25.1. The first-order valence-electron chi connectivity index (χ1n) is 6.27. The number of nitrogens with one attached hydrogen (secondary N) is 1. The van der Waals surface area contributed by atoms with Gasteiger partial charge in [-0.3, -0.25) is 9.36 Å². The van der Waals surface area contributed by atoms with Gasteiger partial charge in [0, 0.05) is 0 Å². The van der Waals surface area contributed by atoms with Crippen molar-refractivity contribution in [3.8, 4) is 0 Å². The molecule has 3 rings (SSSR count). The van der Waals surface area contributed by atoms with Crippen LogP contribution < -0.4 is 5.56 Å². The Morgan fingerprint density at radius 3 is 2.70 bits per heavy atom. The molecule has 7 heteroatoms. The molecule has 5 nitrogen and oxygen atoms in total. The molecule has 0 spiro atoms. The number of fused-ring (bicyclic) bond motifs is 1. The fraction of sp³-hybridized carbons (Fsp3) is 0.385. The highest BCUT2D eigenvalue weighted by atomic mass is 32.2. The van der Waals surface area contributed by atoms with Crippen LogP contribution >= 0.6 is 12.2 Å². The van der Waals surface area contributed by atoms with Gasteiger partial charge in [-0.1, -0.05) is 12.1 Å². The number of H-pyrrole nitrogens is 1. The molecular weight excluding hydrogens is 296 g/mol. The molecule has 1 aromatic heterocycles. The Kier molecular flexibility index (Phi) is 2.88. The number of para-hydroxylation sites is 1. The predicted octanol–water partition coefficient (Wildman–Crippen LogP) is 1.59. The first-order chi connectivity index (χ1) is 9.32. The molecule has 1 aliphatic rings. The van der Waals surface area contributed by atoms with Crippen molar-refractivity contribution in [2.75, 3.05) is 11.5 Å². The zero-order chi connectivity index (χ0) is 14.5. The Morgan fingerprint density at radius 2 is 2.05 bits per heavy atom. The Bertz CT molecular complexity index is 911. The van der Waals surface area contributed by atoms with Gasteiger partial charge in [-0.25, -0.2) is 8.42 Å². The fourth-order valence-electron chi connectivity index (χ4n) is 2.82. The minimum absolute atomic E-state index is 0.0459. The predicted molar refractivity (Wildman–Crippen MR) is 80.3 cm³/mol. The van der Waals surface area contributed by atoms with Gasteiger partial charge in [-0.2, -0.15) is 0 Å². The van der Waals surface area contributed by atoms with Gasteiger partial charge in [0.15, 0.2) is 14.6 Å². The second kappa shape index (κ2) is 4.26. The van der Waals surface area contributed by atoms with E-state index in [4.69, 9.17) is 12.2 Å². The van der Waals surface area contributed by atoms with Crippen molar-refractivity contribution in [2.45, 2.75) is 18.9 Å². The first-order valence-corrected chi connectivity index (χ1v) is 8.50. The summed E-state index contributed by atoms with van der Waals surface area (Å²) in [5.74, 6) is 0.0489. The van der Waals surface area contributed by atoms with Crippen LogP contribution in [0.25, 0.3) is 10.9 Å². The van der Waals surface area contributed by atoms with Gasteiger partial charge < -0.3 is 4.98 Å². The number of nitrogens with zero attached hydrogens (tertiary/aromatic N) is 1. The molecule has 0 aliphatic carbocycles. The van der Waals surface area contributed by atoms with Crippen molar-refractivity contribution in [3.63, 3.8) is 0 Å². The summed E-state index contributed by atoms with van der Waals surface area (Å²) in [5.41, 5.74) is -0.333. The van der Waals surface area contributed by atoms with Gasteiger partial charge in [0.1, 0.15) is 0 Å². The Morgan fingerprint density at radius 1 is 1.35 bits per heavy atom. The second-order valence-corrected chi connectivity index (χ2v) is 8.03. The zero-order valence-electron chi connectivity index (χ0n) is 10.9. The van der Waals surface area contributed by atoms with Crippen LogP contribution in [0, 0.1) is 4.77 Å². The number of aromatic amines is 1. The molecule has 2 heterocycles. The molecule has 2 aromatic rings. The van der Waals surface area contributed by atoms with Gasteiger partial charge in [0.2, 0.25) is 0 Å². The quantitative estimate of drug-likeness (QED) is 0.812. The van der Waals surface area contributed by atoms with Crippen molar-refractivity contribution in [3.05, 3.63) is 39.4 Å². The van der Waals surface area contributed by atoms with E-state index in [1.54, 1.807) is 25.1 Å². The summed E-state index contributed by atoms with van der Waals surface area (Å²) >= 11 is 5.26. The Labute approximate surface area is 121 Å². The van der Waals surface area contributed by atoms with Crippen molar-refractivity contribution in [1.82, 2.24) is 9.55 Å². The van der Waals surface area contributed by atoms with Gasteiger partial charge in [-0.15, -0.1) is 0 Å². The minimum Gasteiger partial charge on any atom is -0.332 e. The van der Waals surface area contributed by atoms with Crippen LogP contribution in [0.5, 0.6) is 0 Å². The topological polar surface area (TPSA) is 71.9 Å². The van der Waals surface area contributed by atoms with Crippen LogP contribution in [-0.2, 0) is 15.4 Å². The van der Waals surface area contributed by atoms with E-state index in [2.05, 4.69) is 4.98 Å². The van der Waals surface area contributed by atoms with Crippen LogP contribution in [0.2, 0.25) is 0 Å². The van der Waals surface area contributed by atoms with E-state index in [0.717, 1.165) is 0 Å². The van der Waals surface area contributed by atoms with Crippen LogP contribution in [0.3, 0.4) is 0 Å². The first kappa shape index (κ1) is 13.5. The fourth-order valence-corrected chi connectivity index (χ4v) is 5.35. The monoisotopic (exact) mass is 310 g/mol. The van der Waals surface area contributed by atoms with E-state index >= 15 is 0 Å². The summed E-state index contributed by atoms with van der Waals surface area (Å²) in [7, 11) is -3.11. The van der Waals surface area contributed by atoms with Crippen molar-refractivity contribution in [1.29, 1.82) is 0 Å². The number of aromatic nitrogens is 2. The lowest BCUT2D eigenvalue weighted by molar-refractivity contribution is 0.348. The molecule has 20 heavy (non-hydrogen) atoms. The van der Waals surface area contributed by atoms with Crippen LogP contribution in [0.1, 0.15) is 13.3 Å².